The molecule has 29 heavy (non-hydrogen) atoms. The summed E-state index contributed by atoms with van der Waals surface area (Å²) in [6.07, 6.45) is 0.390. The number of carbonyl (C=O) groups excluding carboxylic acids is 2. The van der Waals surface area contributed by atoms with E-state index in [1.54, 1.807) is 12.1 Å². The SMILES string of the molecule is C[C@@H](NC(=O)c1ccccc1CCNC(=O)C(F)Cl)c1cccc2ccccc12. The Morgan fingerprint density at radius 2 is 1.69 bits per heavy atom. The molecule has 3 aromatic carbocycles. The molecule has 0 fully saturated rings. The molecule has 0 spiro atoms. The molecule has 0 saturated carbocycles. The van der Waals surface area contributed by atoms with Crippen molar-refractivity contribution in [1.82, 2.24) is 10.6 Å². The number of nitrogens with one attached hydrogen (secondary N) is 2. The summed E-state index contributed by atoms with van der Waals surface area (Å²) in [5, 5.41) is 7.68. The minimum absolute atomic E-state index is 0.190. The monoisotopic (exact) mass is 412 g/mol. The zero-order chi connectivity index (χ0) is 20.8. The van der Waals surface area contributed by atoms with Gasteiger partial charge in [-0.25, -0.2) is 4.39 Å². The van der Waals surface area contributed by atoms with Crippen LogP contribution in [0, 0.1) is 0 Å². The fourth-order valence-electron chi connectivity index (χ4n) is 3.34. The molecule has 0 radical (unpaired) electrons. The van der Waals surface area contributed by atoms with E-state index in [4.69, 9.17) is 11.6 Å². The molecule has 2 amide bonds. The molecule has 3 rings (SSSR count). The first-order chi connectivity index (χ1) is 14.0. The summed E-state index contributed by atoms with van der Waals surface area (Å²) in [6, 6.07) is 21.0. The van der Waals surface area contributed by atoms with E-state index in [0.29, 0.717) is 12.0 Å². The number of carbonyl (C=O) groups is 2. The van der Waals surface area contributed by atoms with Gasteiger partial charge in [-0.05, 0) is 41.3 Å². The predicted molar refractivity (Wildman–Crippen MR) is 114 cm³/mol. The predicted octanol–water partition coefficient (Wildman–Crippen LogP) is 4.52. The van der Waals surface area contributed by atoms with Crippen LogP contribution >= 0.6 is 11.6 Å². The van der Waals surface area contributed by atoms with Crippen LogP contribution in [0.3, 0.4) is 0 Å². The molecule has 0 aliphatic heterocycles. The zero-order valence-electron chi connectivity index (χ0n) is 16.0. The highest BCUT2D eigenvalue weighted by atomic mass is 35.5. The van der Waals surface area contributed by atoms with Crippen LogP contribution in [0.2, 0.25) is 0 Å². The minimum Gasteiger partial charge on any atom is -0.352 e. The number of alkyl halides is 2. The standard InChI is InChI=1S/C23H22ClFN2O2/c1-15(18-12-6-9-16-7-2-4-10-19(16)18)27-22(28)20-11-5-3-8-17(20)13-14-26-23(29)21(24)25/h2-12,15,21H,13-14H2,1H3,(H,26,29)(H,27,28)/t15-,21?/m1/s1. The van der Waals surface area contributed by atoms with Crippen LogP contribution in [-0.2, 0) is 11.2 Å². The molecule has 0 aromatic heterocycles. The number of halogens is 2. The second-order valence-electron chi connectivity index (χ2n) is 6.76. The van der Waals surface area contributed by atoms with Crippen molar-refractivity contribution in [3.63, 3.8) is 0 Å². The second kappa shape index (κ2) is 9.52. The summed E-state index contributed by atoms with van der Waals surface area (Å²) in [5.74, 6) is -1.08. The number of hydrogen-bond donors (Lipinski definition) is 2. The molecular formula is C23H22ClFN2O2. The molecule has 0 saturated heterocycles. The van der Waals surface area contributed by atoms with Crippen LogP contribution in [0.4, 0.5) is 4.39 Å². The molecule has 2 atom stereocenters. The summed E-state index contributed by atoms with van der Waals surface area (Å²) in [7, 11) is 0. The lowest BCUT2D eigenvalue weighted by atomic mass is 9.98. The molecule has 1 unspecified atom stereocenters. The molecule has 0 heterocycles. The summed E-state index contributed by atoms with van der Waals surface area (Å²) in [6.45, 7) is 2.14. The van der Waals surface area contributed by atoms with Crippen molar-refractivity contribution >= 4 is 34.2 Å². The van der Waals surface area contributed by atoms with Crippen molar-refractivity contribution in [2.24, 2.45) is 0 Å². The number of rotatable bonds is 7. The summed E-state index contributed by atoms with van der Waals surface area (Å²) in [4.78, 5) is 24.2. The van der Waals surface area contributed by atoms with Crippen molar-refractivity contribution in [3.8, 4) is 0 Å². The van der Waals surface area contributed by atoms with E-state index in [0.717, 1.165) is 21.9 Å². The van der Waals surface area contributed by atoms with Gasteiger partial charge in [0.1, 0.15) is 0 Å². The van der Waals surface area contributed by atoms with Crippen LogP contribution in [0.5, 0.6) is 0 Å². The maximum Gasteiger partial charge on any atom is 0.270 e. The lowest BCUT2D eigenvalue weighted by molar-refractivity contribution is -0.123. The minimum atomic E-state index is -2.07. The van der Waals surface area contributed by atoms with E-state index in [2.05, 4.69) is 10.6 Å². The molecule has 4 nitrogen and oxygen atoms in total. The third kappa shape index (κ3) is 5.12. The normalized spacial score (nSPS) is 12.9. The first kappa shape index (κ1) is 20.8. The van der Waals surface area contributed by atoms with Crippen molar-refractivity contribution in [2.75, 3.05) is 6.54 Å². The third-order valence-electron chi connectivity index (χ3n) is 4.79. The quantitative estimate of drug-likeness (QED) is 0.560. The fraction of sp³-hybridized carbons (Fsp3) is 0.217. The molecule has 0 aliphatic rings. The number of amides is 2. The molecular weight excluding hydrogens is 391 g/mol. The third-order valence-corrected chi connectivity index (χ3v) is 4.99. The maximum absolute atomic E-state index is 12.9. The maximum atomic E-state index is 12.9. The average Bonchev–Trinajstić information content (AvgIpc) is 2.73. The Bertz CT molecular complexity index is 1020. The van der Waals surface area contributed by atoms with Gasteiger partial charge in [0.05, 0.1) is 6.04 Å². The van der Waals surface area contributed by atoms with Crippen LogP contribution in [0.25, 0.3) is 10.8 Å². The van der Waals surface area contributed by atoms with E-state index in [-0.39, 0.29) is 18.5 Å². The number of hydrogen-bond acceptors (Lipinski definition) is 2. The Balaban J connectivity index is 1.73. The van der Waals surface area contributed by atoms with E-state index in [1.165, 1.54) is 0 Å². The van der Waals surface area contributed by atoms with Crippen molar-refractivity contribution in [2.45, 2.75) is 25.0 Å². The highest BCUT2D eigenvalue weighted by Crippen LogP contribution is 2.24. The number of fused-ring (bicyclic) bond motifs is 1. The highest BCUT2D eigenvalue weighted by molar-refractivity contribution is 6.29. The van der Waals surface area contributed by atoms with E-state index in [1.807, 2.05) is 61.5 Å². The van der Waals surface area contributed by atoms with Crippen LogP contribution in [-0.4, -0.2) is 24.0 Å². The Kier molecular flexibility index (Phi) is 6.83. The topological polar surface area (TPSA) is 58.2 Å². The Morgan fingerprint density at radius 1 is 1.00 bits per heavy atom. The Hall–Kier alpha value is -2.92. The smallest absolute Gasteiger partial charge is 0.270 e. The molecule has 0 bridgehead atoms. The lowest BCUT2D eigenvalue weighted by Crippen LogP contribution is -2.31. The van der Waals surface area contributed by atoms with Gasteiger partial charge < -0.3 is 10.6 Å². The van der Waals surface area contributed by atoms with Crippen molar-refractivity contribution in [1.29, 1.82) is 0 Å². The molecule has 2 N–H and O–H groups in total. The summed E-state index contributed by atoms with van der Waals surface area (Å²) in [5.41, 5.74) is 0.254. The Morgan fingerprint density at radius 3 is 2.48 bits per heavy atom. The van der Waals surface area contributed by atoms with Gasteiger partial charge >= 0.3 is 0 Å². The van der Waals surface area contributed by atoms with Gasteiger partial charge in [-0.15, -0.1) is 0 Å². The van der Waals surface area contributed by atoms with E-state index < -0.39 is 11.5 Å². The summed E-state index contributed by atoms with van der Waals surface area (Å²) < 4.78 is 12.7. The van der Waals surface area contributed by atoms with E-state index >= 15 is 0 Å². The van der Waals surface area contributed by atoms with Gasteiger partial charge in [-0.2, -0.15) is 0 Å². The van der Waals surface area contributed by atoms with Crippen molar-refractivity contribution in [3.05, 3.63) is 83.4 Å². The van der Waals surface area contributed by atoms with E-state index in [9.17, 15) is 14.0 Å². The molecule has 0 aliphatic carbocycles. The van der Waals surface area contributed by atoms with Crippen LogP contribution in [0.1, 0.15) is 34.5 Å². The Labute approximate surface area is 174 Å². The summed E-state index contributed by atoms with van der Waals surface area (Å²) >= 11 is 5.11. The van der Waals surface area contributed by atoms with Crippen molar-refractivity contribution < 1.29 is 14.0 Å². The fourth-order valence-corrected chi connectivity index (χ4v) is 3.41. The second-order valence-corrected chi connectivity index (χ2v) is 7.15. The first-order valence-electron chi connectivity index (χ1n) is 9.39. The highest BCUT2D eigenvalue weighted by Gasteiger charge is 2.17. The molecule has 150 valence electrons. The first-order valence-corrected chi connectivity index (χ1v) is 9.83. The zero-order valence-corrected chi connectivity index (χ0v) is 16.7. The largest absolute Gasteiger partial charge is 0.352 e. The number of benzene rings is 3. The van der Waals surface area contributed by atoms with Gasteiger partial charge in [-0.3, -0.25) is 9.59 Å². The average molecular weight is 413 g/mol. The van der Waals surface area contributed by atoms with Crippen LogP contribution in [0.15, 0.2) is 66.7 Å². The molecule has 3 aromatic rings. The van der Waals surface area contributed by atoms with Gasteiger partial charge in [0.25, 0.3) is 17.4 Å². The lowest BCUT2D eigenvalue weighted by Gasteiger charge is -2.18. The van der Waals surface area contributed by atoms with Gasteiger partial charge in [0.2, 0.25) is 0 Å². The van der Waals surface area contributed by atoms with Gasteiger partial charge in [0.15, 0.2) is 0 Å². The van der Waals surface area contributed by atoms with Gasteiger partial charge in [0, 0.05) is 12.1 Å². The van der Waals surface area contributed by atoms with Gasteiger partial charge in [-0.1, -0.05) is 72.3 Å². The molecule has 6 heteroatoms. The van der Waals surface area contributed by atoms with Crippen LogP contribution < -0.4 is 10.6 Å².